The van der Waals surface area contributed by atoms with E-state index in [-0.39, 0.29) is 5.75 Å². The molecule has 0 saturated carbocycles. The number of aliphatic carboxylic acids is 2. The third kappa shape index (κ3) is 3.94. The van der Waals surface area contributed by atoms with Crippen LogP contribution < -0.4 is 0 Å². The summed E-state index contributed by atoms with van der Waals surface area (Å²) in [5, 5.41) is 26.6. The molecule has 1 rings (SSSR count). The zero-order valence-electron chi connectivity index (χ0n) is 8.78. The Morgan fingerprint density at radius 2 is 1.94 bits per heavy atom. The lowest BCUT2D eigenvalue weighted by molar-refractivity contribution is -0.144. The first-order valence-corrected chi connectivity index (χ1v) is 4.76. The lowest BCUT2D eigenvalue weighted by Gasteiger charge is -2.03. The van der Waals surface area contributed by atoms with Gasteiger partial charge in [-0.25, -0.2) is 4.79 Å². The summed E-state index contributed by atoms with van der Waals surface area (Å²) in [4.78, 5) is 24.7. The molecule has 1 atom stereocenters. The highest BCUT2D eigenvalue weighted by molar-refractivity contribution is 5.87. The van der Waals surface area contributed by atoms with Crippen molar-refractivity contribution in [3.05, 3.63) is 29.8 Å². The molecule has 0 unspecified atom stereocenters. The van der Waals surface area contributed by atoms with Crippen LogP contribution in [0.1, 0.15) is 12.0 Å². The maximum absolute atomic E-state index is 10.7. The van der Waals surface area contributed by atoms with Crippen LogP contribution in [-0.4, -0.2) is 39.5 Å². The van der Waals surface area contributed by atoms with E-state index in [0.29, 0.717) is 5.56 Å². The van der Waals surface area contributed by atoms with Crippen LogP contribution in [0.3, 0.4) is 0 Å². The molecule has 90 valence electrons. The lowest BCUT2D eigenvalue weighted by atomic mass is 10.2. The number of carbonyl (C=O) groups is 2. The Hall–Kier alpha value is -2.37. The van der Waals surface area contributed by atoms with Gasteiger partial charge in [0.2, 0.25) is 0 Å². The van der Waals surface area contributed by atoms with E-state index in [1.54, 1.807) is 18.2 Å². The summed E-state index contributed by atoms with van der Waals surface area (Å²) >= 11 is 0. The number of rotatable bonds is 5. The monoisotopic (exact) mass is 237 g/mol. The summed E-state index contributed by atoms with van der Waals surface area (Å²) in [6, 6.07) is 4.87. The lowest BCUT2D eigenvalue weighted by Crippen LogP contribution is -2.21. The zero-order valence-corrected chi connectivity index (χ0v) is 8.78. The van der Waals surface area contributed by atoms with Crippen LogP contribution in [0.15, 0.2) is 29.3 Å². The van der Waals surface area contributed by atoms with Gasteiger partial charge in [-0.3, -0.25) is 9.79 Å². The number of para-hydroxylation sites is 1. The number of hydrogen-bond acceptors (Lipinski definition) is 4. The number of hydrogen-bond donors (Lipinski definition) is 3. The second-order valence-electron chi connectivity index (χ2n) is 3.29. The highest BCUT2D eigenvalue weighted by Gasteiger charge is 2.19. The van der Waals surface area contributed by atoms with Crippen molar-refractivity contribution in [1.82, 2.24) is 0 Å². The number of benzene rings is 1. The summed E-state index contributed by atoms with van der Waals surface area (Å²) < 4.78 is 0. The molecule has 0 amide bonds. The molecule has 3 N–H and O–H groups in total. The fourth-order valence-electron chi connectivity index (χ4n) is 1.14. The molecule has 6 heteroatoms. The van der Waals surface area contributed by atoms with E-state index >= 15 is 0 Å². The fraction of sp³-hybridized carbons (Fsp3) is 0.182. The molecule has 1 aromatic carbocycles. The molecule has 0 aliphatic carbocycles. The van der Waals surface area contributed by atoms with Gasteiger partial charge in [0.1, 0.15) is 5.75 Å². The molecule has 17 heavy (non-hydrogen) atoms. The molecule has 0 fully saturated rings. The molecule has 0 saturated heterocycles. The van der Waals surface area contributed by atoms with Crippen LogP contribution >= 0.6 is 0 Å². The van der Waals surface area contributed by atoms with Crippen LogP contribution in [0.5, 0.6) is 5.75 Å². The van der Waals surface area contributed by atoms with E-state index in [0.717, 1.165) is 6.21 Å². The minimum atomic E-state index is -1.35. The number of nitrogens with zero attached hydrogens (tertiary/aromatic N) is 1. The van der Waals surface area contributed by atoms with Gasteiger partial charge in [-0.15, -0.1) is 0 Å². The van der Waals surface area contributed by atoms with Crippen molar-refractivity contribution >= 4 is 18.2 Å². The Morgan fingerprint density at radius 1 is 1.29 bits per heavy atom. The third-order valence-electron chi connectivity index (χ3n) is 1.98. The SMILES string of the molecule is O=C(O)C[C@@H](N=Cc1ccccc1O)C(=O)O. The van der Waals surface area contributed by atoms with Gasteiger partial charge >= 0.3 is 11.9 Å². The highest BCUT2D eigenvalue weighted by Crippen LogP contribution is 2.13. The zero-order chi connectivity index (χ0) is 12.8. The number of aliphatic imine (C=N–C) groups is 1. The number of aromatic hydroxyl groups is 1. The molecular formula is C11H11NO5. The predicted molar refractivity (Wildman–Crippen MR) is 59.4 cm³/mol. The Kier molecular flexibility index (Phi) is 4.21. The van der Waals surface area contributed by atoms with E-state index < -0.39 is 24.4 Å². The Morgan fingerprint density at radius 3 is 2.47 bits per heavy atom. The summed E-state index contributed by atoms with van der Waals surface area (Å²) in [7, 11) is 0. The molecule has 1 aromatic rings. The van der Waals surface area contributed by atoms with Gasteiger partial charge in [0.15, 0.2) is 6.04 Å². The quantitative estimate of drug-likeness (QED) is 0.654. The van der Waals surface area contributed by atoms with E-state index in [1.165, 1.54) is 6.07 Å². The minimum absolute atomic E-state index is 0.0456. The standard InChI is InChI=1S/C11H11NO5/c13-9-4-2-1-3-7(9)6-12-8(11(16)17)5-10(14)15/h1-4,6,8,13H,5H2,(H,14,15)(H,16,17)/t8-/m1/s1. The Bertz CT molecular complexity index is 455. The molecular weight excluding hydrogens is 226 g/mol. The molecule has 0 radical (unpaired) electrons. The maximum Gasteiger partial charge on any atom is 0.329 e. The van der Waals surface area contributed by atoms with Gasteiger partial charge in [-0.2, -0.15) is 0 Å². The van der Waals surface area contributed by atoms with E-state index in [9.17, 15) is 14.7 Å². The van der Waals surface area contributed by atoms with Gasteiger partial charge in [-0.1, -0.05) is 12.1 Å². The van der Waals surface area contributed by atoms with Crippen molar-refractivity contribution in [2.24, 2.45) is 4.99 Å². The van der Waals surface area contributed by atoms with Crippen LogP contribution in [0, 0.1) is 0 Å². The molecule has 0 spiro atoms. The van der Waals surface area contributed by atoms with E-state index in [4.69, 9.17) is 10.2 Å². The third-order valence-corrected chi connectivity index (χ3v) is 1.98. The second kappa shape index (κ2) is 5.64. The summed E-state index contributed by atoms with van der Waals surface area (Å²) in [6.07, 6.45) is 0.552. The Balaban J connectivity index is 2.83. The smallest absolute Gasteiger partial charge is 0.329 e. The molecule has 0 aromatic heterocycles. The molecule has 0 bridgehead atoms. The van der Waals surface area contributed by atoms with Gasteiger partial charge in [-0.05, 0) is 12.1 Å². The summed E-state index contributed by atoms with van der Waals surface area (Å²) in [6.45, 7) is 0. The van der Waals surface area contributed by atoms with E-state index in [2.05, 4.69) is 4.99 Å². The highest BCUT2D eigenvalue weighted by atomic mass is 16.4. The topological polar surface area (TPSA) is 107 Å². The van der Waals surface area contributed by atoms with Gasteiger partial charge in [0.25, 0.3) is 0 Å². The van der Waals surface area contributed by atoms with Crippen LogP contribution in [-0.2, 0) is 9.59 Å². The fourth-order valence-corrected chi connectivity index (χ4v) is 1.14. The first-order chi connectivity index (χ1) is 8.00. The average Bonchev–Trinajstić information content (AvgIpc) is 2.25. The molecule has 6 nitrogen and oxygen atoms in total. The molecule has 0 aliphatic heterocycles. The average molecular weight is 237 g/mol. The van der Waals surface area contributed by atoms with Crippen molar-refractivity contribution in [3.63, 3.8) is 0 Å². The number of carboxylic acid groups (broad SMARTS) is 2. The summed E-state index contributed by atoms with van der Waals surface area (Å²) in [5.41, 5.74) is 0.337. The minimum Gasteiger partial charge on any atom is -0.507 e. The van der Waals surface area contributed by atoms with Gasteiger partial charge in [0, 0.05) is 11.8 Å². The maximum atomic E-state index is 10.7. The van der Waals surface area contributed by atoms with Crippen LogP contribution in [0.25, 0.3) is 0 Å². The second-order valence-corrected chi connectivity index (χ2v) is 3.29. The van der Waals surface area contributed by atoms with Crippen LogP contribution in [0.4, 0.5) is 0 Å². The van der Waals surface area contributed by atoms with Crippen molar-refractivity contribution < 1.29 is 24.9 Å². The van der Waals surface area contributed by atoms with Gasteiger partial charge < -0.3 is 15.3 Å². The van der Waals surface area contributed by atoms with E-state index in [1.807, 2.05) is 0 Å². The normalized spacial score (nSPS) is 12.5. The Labute approximate surface area is 96.9 Å². The van der Waals surface area contributed by atoms with Crippen molar-refractivity contribution in [2.75, 3.05) is 0 Å². The van der Waals surface area contributed by atoms with Crippen molar-refractivity contribution in [3.8, 4) is 5.75 Å². The first kappa shape index (κ1) is 12.7. The van der Waals surface area contributed by atoms with Crippen molar-refractivity contribution in [2.45, 2.75) is 12.5 Å². The number of carboxylic acids is 2. The predicted octanol–water partition coefficient (Wildman–Crippen LogP) is 0.739. The van der Waals surface area contributed by atoms with Crippen LogP contribution in [0.2, 0.25) is 0 Å². The first-order valence-electron chi connectivity index (χ1n) is 4.76. The summed E-state index contributed by atoms with van der Waals surface area (Å²) in [5.74, 6) is -2.61. The van der Waals surface area contributed by atoms with Crippen molar-refractivity contribution in [1.29, 1.82) is 0 Å². The largest absolute Gasteiger partial charge is 0.507 e. The number of phenolic OH excluding ortho intramolecular Hbond substituents is 1. The number of phenols is 1. The van der Waals surface area contributed by atoms with Gasteiger partial charge in [0.05, 0.1) is 6.42 Å². The molecule has 0 heterocycles. The molecule has 0 aliphatic rings.